The van der Waals surface area contributed by atoms with Gasteiger partial charge in [-0.15, -0.1) is 0 Å². The Balaban J connectivity index is 1.46. The van der Waals surface area contributed by atoms with Crippen LogP contribution in [0.15, 0.2) is 64.0 Å². The van der Waals surface area contributed by atoms with E-state index in [9.17, 15) is 19.2 Å². The minimum absolute atomic E-state index is 0.0781. The number of carbonyl (C=O) groups excluding carboxylic acids is 4. The molecule has 0 atom stereocenters. The quantitative estimate of drug-likeness (QED) is 0.160. The van der Waals surface area contributed by atoms with Crippen molar-refractivity contribution in [3.63, 3.8) is 0 Å². The first kappa shape index (κ1) is 32.4. The van der Waals surface area contributed by atoms with Gasteiger partial charge in [-0.3, -0.25) is 19.3 Å². The van der Waals surface area contributed by atoms with E-state index in [0.29, 0.717) is 33.2 Å². The highest BCUT2D eigenvalue weighted by molar-refractivity contribution is 9.10. The van der Waals surface area contributed by atoms with E-state index in [1.54, 1.807) is 37.3 Å². The fourth-order valence-electron chi connectivity index (χ4n) is 3.91. The lowest BCUT2D eigenvalue weighted by molar-refractivity contribution is -0.127. The van der Waals surface area contributed by atoms with E-state index in [0.717, 1.165) is 22.2 Å². The van der Waals surface area contributed by atoms with Crippen molar-refractivity contribution in [3.05, 3.63) is 90.7 Å². The molecular formula is C30H25BrCl2N2O7S. The molecule has 224 valence electrons. The molecule has 1 saturated heterocycles. The molecule has 0 spiro atoms. The fraction of sp³-hybridized carbons (Fsp3) is 0.200. The topological polar surface area (TPSA) is 111 Å². The molecule has 13 heteroatoms. The Morgan fingerprint density at radius 1 is 1.00 bits per heavy atom. The summed E-state index contributed by atoms with van der Waals surface area (Å²) in [5.74, 6) is -0.970. The zero-order valence-electron chi connectivity index (χ0n) is 22.9. The number of carbonyl (C=O) groups is 4. The molecule has 0 saturated carbocycles. The van der Waals surface area contributed by atoms with Gasteiger partial charge < -0.3 is 19.5 Å². The van der Waals surface area contributed by atoms with Crippen molar-refractivity contribution in [2.24, 2.45) is 0 Å². The maximum absolute atomic E-state index is 13.1. The Kier molecular flexibility index (Phi) is 11.1. The maximum atomic E-state index is 13.1. The molecule has 1 fully saturated rings. The van der Waals surface area contributed by atoms with Gasteiger partial charge in [-0.05, 0) is 101 Å². The highest BCUT2D eigenvalue weighted by Crippen LogP contribution is 2.40. The first-order valence-corrected chi connectivity index (χ1v) is 15.3. The molecule has 0 bridgehead atoms. The van der Waals surface area contributed by atoms with E-state index in [1.165, 1.54) is 18.2 Å². The maximum Gasteiger partial charge on any atom is 0.339 e. The summed E-state index contributed by atoms with van der Waals surface area (Å²) >= 11 is 16.3. The molecule has 3 aromatic rings. The summed E-state index contributed by atoms with van der Waals surface area (Å²) in [5.41, 5.74) is 1.83. The van der Waals surface area contributed by atoms with Gasteiger partial charge >= 0.3 is 5.97 Å². The molecule has 1 heterocycles. The SMILES string of the molecule is CCOC(=O)c1cc(NC(=O)CN2C(=O)S/C(=C/c3cc(Br)c(OCc4ccc(Cl)cc4)c(OCC)c3)C2=O)ccc1Cl. The molecular weight excluding hydrogens is 683 g/mol. The van der Waals surface area contributed by atoms with Crippen molar-refractivity contribution < 1.29 is 33.4 Å². The molecule has 1 aliphatic heterocycles. The molecule has 0 aromatic heterocycles. The average Bonchev–Trinajstić information content (AvgIpc) is 3.22. The molecule has 3 amide bonds. The number of nitrogens with one attached hydrogen (secondary N) is 1. The van der Waals surface area contributed by atoms with E-state index in [2.05, 4.69) is 21.2 Å². The van der Waals surface area contributed by atoms with Gasteiger partial charge in [-0.25, -0.2) is 4.79 Å². The van der Waals surface area contributed by atoms with Gasteiger partial charge in [-0.1, -0.05) is 35.3 Å². The van der Waals surface area contributed by atoms with Crippen molar-refractivity contribution in [3.8, 4) is 11.5 Å². The highest BCUT2D eigenvalue weighted by Gasteiger charge is 2.36. The lowest BCUT2D eigenvalue weighted by atomic mass is 10.1. The zero-order chi connectivity index (χ0) is 31.1. The summed E-state index contributed by atoms with van der Waals surface area (Å²) in [7, 11) is 0. The van der Waals surface area contributed by atoms with Gasteiger partial charge in [0, 0.05) is 10.7 Å². The number of amides is 3. The number of hydrogen-bond donors (Lipinski definition) is 1. The molecule has 1 N–H and O–H groups in total. The molecule has 1 aliphatic rings. The van der Waals surface area contributed by atoms with Crippen molar-refractivity contribution in [2.75, 3.05) is 25.1 Å². The number of imide groups is 1. The van der Waals surface area contributed by atoms with Gasteiger partial charge in [0.15, 0.2) is 11.5 Å². The van der Waals surface area contributed by atoms with Crippen LogP contribution in [-0.4, -0.2) is 47.7 Å². The molecule has 0 aliphatic carbocycles. The summed E-state index contributed by atoms with van der Waals surface area (Å²) in [4.78, 5) is 51.6. The van der Waals surface area contributed by atoms with Crippen molar-refractivity contribution in [1.29, 1.82) is 0 Å². The number of esters is 1. The number of rotatable bonds is 11. The Bertz CT molecular complexity index is 1600. The molecule has 0 radical (unpaired) electrons. The van der Waals surface area contributed by atoms with E-state index < -0.39 is 29.6 Å². The van der Waals surface area contributed by atoms with Gasteiger partial charge in [0.05, 0.1) is 33.2 Å². The fourth-order valence-corrected chi connectivity index (χ4v) is 5.64. The first-order chi connectivity index (χ1) is 20.6. The third kappa shape index (κ3) is 8.32. The van der Waals surface area contributed by atoms with Crippen LogP contribution in [0.3, 0.4) is 0 Å². The Hall–Kier alpha value is -3.51. The van der Waals surface area contributed by atoms with Gasteiger partial charge in [0.1, 0.15) is 13.2 Å². The Morgan fingerprint density at radius 3 is 2.44 bits per heavy atom. The van der Waals surface area contributed by atoms with E-state index in [4.69, 9.17) is 37.4 Å². The summed E-state index contributed by atoms with van der Waals surface area (Å²) in [6, 6.07) is 15.0. The third-order valence-electron chi connectivity index (χ3n) is 5.85. The van der Waals surface area contributed by atoms with Crippen molar-refractivity contribution >= 4 is 85.7 Å². The molecule has 9 nitrogen and oxygen atoms in total. The van der Waals surface area contributed by atoms with Gasteiger partial charge in [0.2, 0.25) is 5.91 Å². The number of hydrogen-bond acceptors (Lipinski definition) is 8. The second-order valence-electron chi connectivity index (χ2n) is 8.91. The first-order valence-electron chi connectivity index (χ1n) is 12.9. The van der Waals surface area contributed by atoms with Gasteiger partial charge in [-0.2, -0.15) is 0 Å². The van der Waals surface area contributed by atoms with Crippen LogP contribution in [0.2, 0.25) is 10.0 Å². The predicted octanol–water partition coefficient (Wildman–Crippen LogP) is 7.59. The van der Waals surface area contributed by atoms with Crippen molar-refractivity contribution in [2.45, 2.75) is 20.5 Å². The lowest BCUT2D eigenvalue weighted by Crippen LogP contribution is -2.36. The lowest BCUT2D eigenvalue weighted by Gasteiger charge is -2.15. The van der Waals surface area contributed by atoms with Crippen LogP contribution in [0.1, 0.15) is 35.3 Å². The van der Waals surface area contributed by atoms with Crippen LogP contribution in [0.25, 0.3) is 6.08 Å². The van der Waals surface area contributed by atoms with Crippen LogP contribution < -0.4 is 14.8 Å². The summed E-state index contributed by atoms with van der Waals surface area (Å²) in [6.07, 6.45) is 1.55. The van der Waals surface area contributed by atoms with Crippen LogP contribution in [-0.2, 0) is 20.9 Å². The summed E-state index contributed by atoms with van der Waals surface area (Å²) in [6.45, 7) is 3.77. The second kappa shape index (κ2) is 14.8. The standard InChI is InChI=1S/C30H25BrCl2N2O7S/c1-3-40-24-12-18(11-22(31)27(24)42-16-17-5-7-19(32)8-6-17)13-25-28(37)35(30(39)43-25)15-26(36)34-20-9-10-23(33)21(14-20)29(38)41-4-2/h5-14H,3-4,15-16H2,1-2H3,(H,34,36)/b25-13+. The Labute approximate surface area is 270 Å². The van der Waals surface area contributed by atoms with E-state index in [1.807, 2.05) is 19.1 Å². The van der Waals surface area contributed by atoms with Crippen LogP contribution >= 0.6 is 50.9 Å². The average molecular weight is 708 g/mol. The number of ether oxygens (including phenoxy) is 3. The molecule has 43 heavy (non-hydrogen) atoms. The number of thioether (sulfide) groups is 1. The van der Waals surface area contributed by atoms with E-state index >= 15 is 0 Å². The minimum atomic E-state index is -0.639. The third-order valence-corrected chi connectivity index (χ3v) is 7.92. The van der Waals surface area contributed by atoms with Crippen LogP contribution in [0.5, 0.6) is 11.5 Å². The van der Waals surface area contributed by atoms with Crippen LogP contribution in [0, 0.1) is 0 Å². The largest absolute Gasteiger partial charge is 0.490 e. The normalized spacial score (nSPS) is 13.8. The van der Waals surface area contributed by atoms with E-state index in [-0.39, 0.29) is 34.4 Å². The second-order valence-corrected chi connectivity index (χ2v) is 11.6. The zero-order valence-corrected chi connectivity index (χ0v) is 26.9. The predicted molar refractivity (Wildman–Crippen MR) is 170 cm³/mol. The number of anilines is 1. The van der Waals surface area contributed by atoms with Gasteiger partial charge in [0.25, 0.3) is 11.1 Å². The number of halogens is 3. The smallest absolute Gasteiger partial charge is 0.339 e. The Morgan fingerprint density at radius 2 is 1.74 bits per heavy atom. The number of benzene rings is 3. The van der Waals surface area contributed by atoms with Crippen molar-refractivity contribution in [1.82, 2.24) is 4.90 Å². The molecule has 4 rings (SSSR count). The highest BCUT2D eigenvalue weighted by atomic mass is 79.9. The molecule has 3 aromatic carbocycles. The summed E-state index contributed by atoms with van der Waals surface area (Å²) in [5, 5.41) is 2.77. The summed E-state index contributed by atoms with van der Waals surface area (Å²) < 4.78 is 17.4. The monoisotopic (exact) mass is 706 g/mol. The number of nitrogens with zero attached hydrogens (tertiary/aromatic N) is 1. The van der Waals surface area contributed by atoms with Crippen LogP contribution in [0.4, 0.5) is 10.5 Å². The minimum Gasteiger partial charge on any atom is -0.490 e. The molecule has 0 unspecified atom stereocenters.